The zero-order chi connectivity index (χ0) is 19.6. The number of likely N-dealkylation sites (tertiary alicyclic amines) is 1. The lowest BCUT2D eigenvalue weighted by Gasteiger charge is -2.31. The number of hydrogen-bond acceptors (Lipinski definition) is 4. The number of piperidine rings is 1. The van der Waals surface area contributed by atoms with Crippen LogP contribution < -0.4 is 4.90 Å². The highest BCUT2D eigenvalue weighted by Crippen LogP contribution is 2.33. The highest BCUT2D eigenvalue weighted by Gasteiger charge is 2.25. The first-order chi connectivity index (χ1) is 14.3. The van der Waals surface area contributed by atoms with Crippen LogP contribution in [0.25, 0.3) is 11.0 Å². The molecule has 0 unspecified atom stereocenters. The van der Waals surface area contributed by atoms with Crippen molar-refractivity contribution in [3.63, 3.8) is 0 Å². The van der Waals surface area contributed by atoms with Crippen LogP contribution in [0.3, 0.4) is 0 Å². The molecule has 6 heteroatoms. The predicted molar refractivity (Wildman–Crippen MR) is 113 cm³/mol. The molecule has 0 amide bonds. The minimum absolute atomic E-state index is 0.275. The van der Waals surface area contributed by atoms with Crippen LogP contribution in [-0.4, -0.2) is 41.2 Å². The summed E-state index contributed by atoms with van der Waals surface area (Å²) < 4.78 is 18.7. The van der Waals surface area contributed by atoms with Gasteiger partial charge in [0.2, 0.25) is 0 Å². The van der Waals surface area contributed by atoms with Crippen molar-refractivity contribution in [2.24, 2.45) is 0 Å². The number of hydrogen-bond donors (Lipinski definition) is 1. The van der Waals surface area contributed by atoms with E-state index in [0.717, 1.165) is 56.5 Å². The molecule has 0 radical (unpaired) electrons. The second-order valence-electron chi connectivity index (χ2n) is 8.17. The van der Waals surface area contributed by atoms with Gasteiger partial charge in [-0.1, -0.05) is 11.2 Å². The molecule has 0 atom stereocenters. The first kappa shape index (κ1) is 18.4. The molecule has 152 valence electrons. The Kier molecular flexibility index (Phi) is 5.10. The van der Waals surface area contributed by atoms with Crippen molar-refractivity contribution in [2.75, 3.05) is 31.1 Å². The quantitative estimate of drug-likeness (QED) is 0.608. The van der Waals surface area contributed by atoms with Crippen LogP contribution in [0.1, 0.15) is 42.9 Å². The van der Waals surface area contributed by atoms with Crippen LogP contribution in [0.4, 0.5) is 10.2 Å². The smallest absolute Gasteiger partial charge is 0.170 e. The summed E-state index contributed by atoms with van der Waals surface area (Å²) in [5.41, 5.74) is 2.94. The second kappa shape index (κ2) is 8.03. The average molecular weight is 394 g/mol. The third-order valence-corrected chi connectivity index (χ3v) is 6.28. The van der Waals surface area contributed by atoms with E-state index < -0.39 is 0 Å². The van der Waals surface area contributed by atoms with E-state index >= 15 is 0 Å². The number of unbranched alkanes of at least 4 members (excludes halogenated alkanes) is 1. The lowest BCUT2D eigenvalue weighted by molar-refractivity contribution is 0.206. The number of aromatic nitrogens is 2. The highest BCUT2D eigenvalue weighted by atomic mass is 19.1. The van der Waals surface area contributed by atoms with E-state index in [2.05, 4.69) is 38.3 Å². The Morgan fingerprint density at radius 2 is 2.00 bits per heavy atom. The molecule has 2 aliphatic heterocycles. The summed E-state index contributed by atoms with van der Waals surface area (Å²) in [6, 6.07) is 6.89. The van der Waals surface area contributed by atoms with Crippen LogP contribution in [0.15, 0.2) is 47.3 Å². The fourth-order valence-electron chi connectivity index (χ4n) is 4.67. The molecule has 3 aromatic rings. The van der Waals surface area contributed by atoms with Crippen molar-refractivity contribution >= 4 is 16.8 Å². The van der Waals surface area contributed by atoms with Gasteiger partial charge in [0, 0.05) is 36.3 Å². The molecule has 1 fully saturated rings. The maximum atomic E-state index is 13.4. The van der Waals surface area contributed by atoms with Gasteiger partial charge in [0.05, 0.1) is 5.69 Å². The molecule has 4 heterocycles. The molecule has 0 bridgehead atoms. The highest BCUT2D eigenvalue weighted by molar-refractivity contribution is 5.79. The maximum absolute atomic E-state index is 13.4. The zero-order valence-electron chi connectivity index (χ0n) is 16.6. The van der Waals surface area contributed by atoms with Gasteiger partial charge < -0.3 is 19.3 Å². The molecule has 1 aromatic carbocycles. The monoisotopic (exact) mass is 394 g/mol. The summed E-state index contributed by atoms with van der Waals surface area (Å²) in [5.74, 6) is 1.39. The first-order valence-corrected chi connectivity index (χ1v) is 10.6. The Labute approximate surface area is 170 Å². The lowest BCUT2D eigenvalue weighted by atomic mass is 9.91. The Hall–Kier alpha value is -2.60. The minimum atomic E-state index is -0.275. The Morgan fingerprint density at radius 1 is 1.14 bits per heavy atom. The fourth-order valence-corrected chi connectivity index (χ4v) is 4.67. The fraction of sp³-hybridized carbons (Fsp3) is 0.435. The second-order valence-corrected chi connectivity index (χ2v) is 8.17. The van der Waals surface area contributed by atoms with E-state index in [1.807, 2.05) is 6.20 Å². The molecule has 0 spiro atoms. The van der Waals surface area contributed by atoms with E-state index in [9.17, 15) is 4.39 Å². The molecule has 0 aliphatic carbocycles. The summed E-state index contributed by atoms with van der Waals surface area (Å²) in [4.78, 5) is 8.26. The number of halogens is 1. The van der Waals surface area contributed by atoms with Crippen molar-refractivity contribution < 1.29 is 8.91 Å². The van der Waals surface area contributed by atoms with Gasteiger partial charge in [-0.25, -0.2) is 4.39 Å². The number of aromatic amines is 1. The number of nitrogens with zero attached hydrogens (tertiary/aromatic N) is 3. The number of anilines is 1. The lowest BCUT2D eigenvalue weighted by Crippen LogP contribution is -2.34. The maximum Gasteiger partial charge on any atom is 0.170 e. The number of fused-ring (bicyclic) bond motifs is 2. The number of nitrogens with one attached hydrogen (secondary N) is 1. The van der Waals surface area contributed by atoms with Crippen molar-refractivity contribution in [2.45, 2.75) is 38.0 Å². The van der Waals surface area contributed by atoms with E-state index in [4.69, 9.17) is 4.52 Å². The van der Waals surface area contributed by atoms with Gasteiger partial charge in [-0.15, -0.1) is 0 Å². The van der Waals surface area contributed by atoms with Gasteiger partial charge >= 0.3 is 0 Å². The summed E-state index contributed by atoms with van der Waals surface area (Å²) in [6.45, 7) is 4.38. The van der Waals surface area contributed by atoms with Gasteiger partial charge in [-0.3, -0.25) is 0 Å². The largest absolute Gasteiger partial charge is 0.356 e. The predicted octanol–water partition coefficient (Wildman–Crippen LogP) is 4.83. The van der Waals surface area contributed by atoms with E-state index in [-0.39, 0.29) is 5.82 Å². The normalized spacial score (nSPS) is 17.9. The van der Waals surface area contributed by atoms with Gasteiger partial charge in [-0.2, -0.15) is 0 Å². The van der Waals surface area contributed by atoms with Crippen molar-refractivity contribution in [1.29, 1.82) is 0 Å². The van der Waals surface area contributed by atoms with Crippen LogP contribution in [0.2, 0.25) is 0 Å². The van der Waals surface area contributed by atoms with Crippen molar-refractivity contribution in [1.82, 2.24) is 15.0 Å². The molecule has 5 nitrogen and oxygen atoms in total. The molecule has 1 N–H and O–H groups in total. The minimum Gasteiger partial charge on any atom is -0.356 e. The van der Waals surface area contributed by atoms with Gasteiger partial charge in [0.15, 0.2) is 5.58 Å². The van der Waals surface area contributed by atoms with Gasteiger partial charge in [-0.05, 0) is 75.5 Å². The average Bonchev–Trinajstić information content (AvgIpc) is 3.38. The van der Waals surface area contributed by atoms with Crippen molar-refractivity contribution in [3.8, 4) is 0 Å². The number of H-pyrrole nitrogens is 1. The van der Waals surface area contributed by atoms with E-state index in [0.29, 0.717) is 11.5 Å². The number of benzene rings is 1. The Morgan fingerprint density at radius 3 is 2.90 bits per heavy atom. The molecule has 2 aromatic heterocycles. The summed E-state index contributed by atoms with van der Waals surface area (Å²) in [5, 5.41) is 5.21. The van der Waals surface area contributed by atoms with Crippen molar-refractivity contribution in [3.05, 3.63) is 59.8 Å². The molecule has 0 saturated carbocycles. The Bertz CT molecular complexity index is 999. The Balaban J connectivity index is 1.08. The molecule has 2 aliphatic rings. The van der Waals surface area contributed by atoms with Gasteiger partial charge in [0.25, 0.3) is 0 Å². The van der Waals surface area contributed by atoms with Crippen LogP contribution in [0.5, 0.6) is 0 Å². The SMILES string of the molecule is Fc1ccc2c(C3CCN(CCCCN4C=CCc5cc[nH]c54)CC3)noc2c1. The molecular formula is C23H27FN4O. The topological polar surface area (TPSA) is 48.3 Å². The van der Waals surface area contributed by atoms with Crippen LogP contribution >= 0.6 is 0 Å². The van der Waals surface area contributed by atoms with Gasteiger partial charge in [0.1, 0.15) is 11.6 Å². The van der Waals surface area contributed by atoms with E-state index in [1.165, 1.54) is 36.4 Å². The number of rotatable bonds is 6. The molecular weight excluding hydrogens is 367 g/mol. The third-order valence-electron chi connectivity index (χ3n) is 6.28. The summed E-state index contributed by atoms with van der Waals surface area (Å²) in [6.07, 6.45) is 12.1. The summed E-state index contributed by atoms with van der Waals surface area (Å²) >= 11 is 0. The molecule has 5 rings (SSSR count). The standard InChI is InChI=1S/C23H27FN4O/c24-19-5-6-20-21(16-19)29-26-22(20)17-8-14-27(15-9-17)11-1-2-12-28-13-3-4-18-7-10-25-23(18)28/h3,5-7,10,13,16-17,25H,1-2,4,8-9,11-12,14-15H2. The van der Waals surface area contributed by atoms with E-state index in [1.54, 1.807) is 6.07 Å². The molecule has 29 heavy (non-hydrogen) atoms. The third kappa shape index (κ3) is 3.81. The number of allylic oxidation sites excluding steroid dienone is 1. The molecule has 1 saturated heterocycles. The zero-order valence-corrected chi connectivity index (χ0v) is 16.6. The van der Waals surface area contributed by atoms with Crippen LogP contribution in [-0.2, 0) is 6.42 Å². The summed E-state index contributed by atoms with van der Waals surface area (Å²) in [7, 11) is 0. The van der Waals surface area contributed by atoms with Crippen LogP contribution in [0, 0.1) is 5.82 Å². The first-order valence-electron chi connectivity index (χ1n) is 10.6.